The number of hydrogen-bond acceptors (Lipinski definition) is 8. The fourth-order valence-electron chi connectivity index (χ4n) is 4.99. The summed E-state index contributed by atoms with van der Waals surface area (Å²) in [7, 11) is 3.19. The van der Waals surface area contributed by atoms with Crippen molar-refractivity contribution in [2.24, 2.45) is 0 Å². The Labute approximate surface area is 255 Å². The SMILES string of the molecule is COc1ccc2c(CNCCCCCCNCc3c(OC)ccc4cc(OC)ccc34)c(OC)ccc2c1.CS(=O)(=O)O. The fraction of sp³-hybridized carbons (Fsp3) is 0.394. The molecule has 0 aliphatic rings. The van der Waals surface area contributed by atoms with Crippen LogP contribution in [0.1, 0.15) is 36.8 Å². The molecule has 10 heteroatoms. The second-order valence-electron chi connectivity index (χ2n) is 10.2. The zero-order valence-corrected chi connectivity index (χ0v) is 26.6. The molecule has 0 aromatic heterocycles. The number of nitrogens with one attached hydrogen (secondary N) is 2. The minimum absolute atomic E-state index is 0.715. The molecule has 0 spiro atoms. The van der Waals surface area contributed by atoms with Crippen LogP contribution in [0.5, 0.6) is 23.0 Å². The van der Waals surface area contributed by atoms with Crippen LogP contribution in [0.3, 0.4) is 0 Å². The standard InChI is InChI=1S/C32H40N2O4.CH4O3S/c1-35-25-11-13-27-23(19-25)9-15-31(37-3)29(27)21-33-17-7-5-6-8-18-34-22-30-28-14-12-26(36-2)20-24(28)10-16-32(30)38-4;1-5(2,3)4/h9-16,19-20,33-34H,5-8,17-18,21-22H2,1-4H3;1H3,(H,2,3,4). The van der Waals surface area contributed by atoms with Crippen molar-refractivity contribution in [1.29, 1.82) is 0 Å². The van der Waals surface area contributed by atoms with E-state index in [4.69, 9.17) is 23.5 Å². The third-order valence-electron chi connectivity index (χ3n) is 7.09. The zero-order valence-electron chi connectivity index (χ0n) is 25.7. The predicted octanol–water partition coefficient (Wildman–Crippen LogP) is 5.97. The molecular weight excluding hydrogens is 568 g/mol. The second-order valence-corrected chi connectivity index (χ2v) is 11.6. The first-order valence-corrected chi connectivity index (χ1v) is 16.1. The summed E-state index contributed by atoms with van der Waals surface area (Å²) >= 11 is 0. The first-order valence-electron chi connectivity index (χ1n) is 14.3. The Hall–Kier alpha value is -3.57. The largest absolute Gasteiger partial charge is 0.497 e. The summed E-state index contributed by atoms with van der Waals surface area (Å²) in [5.41, 5.74) is 2.39. The van der Waals surface area contributed by atoms with Crippen LogP contribution in [0.2, 0.25) is 0 Å². The van der Waals surface area contributed by atoms with E-state index in [1.54, 1.807) is 28.4 Å². The topological polar surface area (TPSA) is 115 Å². The molecule has 0 atom stereocenters. The highest BCUT2D eigenvalue weighted by Gasteiger charge is 2.10. The van der Waals surface area contributed by atoms with Gasteiger partial charge < -0.3 is 29.6 Å². The minimum Gasteiger partial charge on any atom is -0.497 e. The third-order valence-corrected chi connectivity index (χ3v) is 7.09. The minimum atomic E-state index is -3.67. The van der Waals surface area contributed by atoms with Crippen molar-refractivity contribution in [2.75, 3.05) is 47.8 Å². The van der Waals surface area contributed by atoms with E-state index in [0.29, 0.717) is 6.26 Å². The molecular formula is C33H44N2O7S. The van der Waals surface area contributed by atoms with Gasteiger partial charge in [-0.2, -0.15) is 8.42 Å². The molecule has 234 valence electrons. The van der Waals surface area contributed by atoms with Gasteiger partial charge in [-0.15, -0.1) is 0 Å². The third kappa shape index (κ3) is 10.6. The van der Waals surface area contributed by atoms with E-state index in [2.05, 4.69) is 47.0 Å². The zero-order chi connectivity index (χ0) is 31.2. The fourth-order valence-corrected chi connectivity index (χ4v) is 4.99. The molecule has 0 bridgehead atoms. The van der Waals surface area contributed by atoms with E-state index >= 15 is 0 Å². The Morgan fingerprint density at radius 3 is 1.35 bits per heavy atom. The van der Waals surface area contributed by atoms with Gasteiger partial charge in [0, 0.05) is 24.2 Å². The van der Waals surface area contributed by atoms with Gasteiger partial charge in [0.25, 0.3) is 10.1 Å². The van der Waals surface area contributed by atoms with Gasteiger partial charge in [0.1, 0.15) is 23.0 Å². The Morgan fingerprint density at radius 2 is 1.00 bits per heavy atom. The number of unbranched alkanes of at least 4 members (excludes halogenated alkanes) is 3. The van der Waals surface area contributed by atoms with Crippen molar-refractivity contribution in [1.82, 2.24) is 10.6 Å². The first-order chi connectivity index (χ1) is 20.7. The summed E-state index contributed by atoms with van der Waals surface area (Å²) in [6, 6.07) is 20.6. The van der Waals surface area contributed by atoms with Crippen molar-refractivity contribution < 1.29 is 31.9 Å². The molecule has 3 N–H and O–H groups in total. The summed E-state index contributed by atoms with van der Waals surface area (Å²) in [6.45, 7) is 3.54. The van der Waals surface area contributed by atoms with Gasteiger partial charge in [0.2, 0.25) is 0 Å². The van der Waals surface area contributed by atoms with E-state index in [0.717, 1.165) is 72.8 Å². The lowest BCUT2D eigenvalue weighted by Crippen LogP contribution is -2.17. The van der Waals surface area contributed by atoms with E-state index < -0.39 is 10.1 Å². The molecule has 0 amide bonds. The maximum absolute atomic E-state index is 9.19. The van der Waals surface area contributed by atoms with Gasteiger partial charge in [0.05, 0.1) is 34.7 Å². The Bertz CT molecular complexity index is 1460. The average Bonchev–Trinajstić information content (AvgIpc) is 3.00. The van der Waals surface area contributed by atoms with Gasteiger partial charge in [-0.3, -0.25) is 4.55 Å². The highest BCUT2D eigenvalue weighted by Crippen LogP contribution is 2.31. The Morgan fingerprint density at radius 1 is 0.605 bits per heavy atom. The van der Waals surface area contributed by atoms with E-state index in [9.17, 15) is 8.42 Å². The van der Waals surface area contributed by atoms with Crippen LogP contribution in [0.15, 0.2) is 60.7 Å². The molecule has 4 aromatic carbocycles. The van der Waals surface area contributed by atoms with Crippen LogP contribution in [0.25, 0.3) is 21.5 Å². The molecule has 0 heterocycles. The smallest absolute Gasteiger partial charge is 0.261 e. The van der Waals surface area contributed by atoms with E-state index in [1.807, 2.05) is 24.3 Å². The van der Waals surface area contributed by atoms with Gasteiger partial charge in [-0.05, 0) is 83.9 Å². The monoisotopic (exact) mass is 612 g/mol. The molecule has 0 unspecified atom stereocenters. The molecule has 0 aliphatic heterocycles. The molecule has 0 saturated carbocycles. The molecule has 4 aromatic rings. The maximum atomic E-state index is 9.19. The van der Waals surface area contributed by atoms with Gasteiger partial charge in [-0.1, -0.05) is 37.1 Å². The number of fused-ring (bicyclic) bond motifs is 2. The molecule has 0 saturated heterocycles. The molecule has 9 nitrogen and oxygen atoms in total. The first kappa shape index (κ1) is 33.9. The summed E-state index contributed by atoms with van der Waals surface area (Å²) in [6.07, 6.45) is 5.43. The van der Waals surface area contributed by atoms with Crippen molar-refractivity contribution >= 4 is 31.7 Å². The quantitative estimate of drug-likeness (QED) is 0.110. The molecule has 0 fully saturated rings. The van der Waals surface area contributed by atoms with Crippen molar-refractivity contribution in [3.05, 3.63) is 71.8 Å². The summed E-state index contributed by atoms with van der Waals surface area (Å²) in [5, 5.41) is 11.9. The van der Waals surface area contributed by atoms with Crippen LogP contribution < -0.4 is 29.6 Å². The number of hydrogen-bond donors (Lipinski definition) is 3. The molecule has 0 aliphatic carbocycles. The van der Waals surface area contributed by atoms with Crippen LogP contribution in [-0.2, 0) is 23.2 Å². The lowest BCUT2D eigenvalue weighted by Gasteiger charge is -2.14. The van der Waals surface area contributed by atoms with Crippen LogP contribution >= 0.6 is 0 Å². The number of methoxy groups -OCH3 is 4. The molecule has 4 rings (SSSR count). The van der Waals surface area contributed by atoms with E-state index in [-0.39, 0.29) is 0 Å². The Balaban J connectivity index is 0.000000934. The average molecular weight is 613 g/mol. The summed E-state index contributed by atoms with van der Waals surface area (Å²) in [5.74, 6) is 3.58. The predicted molar refractivity (Wildman–Crippen MR) is 173 cm³/mol. The van der Waals surface area contributed by atoms with Crippen LogP contribution in [0.4, 0.5) is 0 Å². The molecule has 0 radical (unpaired) electrons. The van der Waals surface area contributed by atoms with Gasteiger partial charge >= 0.3 is 0 Å². The normalized spacial score (nSPS) is 11.2. The maximum Gasteiger partial charge on any atom is 0.261 e. The second kappa shape index (κ2) is 16.9. The van der Waals surface area contributed by atoms with Crippen LogP contribution in [-0.4, -0.2) is 60.8 Å². The van der Waals surface area contributed by atoms with Gasteiger partial charge in [-0.25, -0.2) is 0 Å². The van der Waals surface area contributed by atoms with Crippen molar-refractivity contribution in [2.45, 2.75) is 38.8 Å². The Kier molecular flexibility index (Phi) is 13.3. The number of ether oxygens (including phenoxy) is 4. The lowest BCUT2D eigenvalue weighted by molar-refractivity contribution is 0.407. The van der Waals surface area contributed by atoms with Crippen molar-refractivity contribution in [3.63, 3.8) is 0 Å². The number of rotatable bonds is 15. The lowest BCUT2D eigenvalue weighted by atomic mass is 10.0. The summed E-state index contributed by atoms with van der Waals surface area (Å²) < 4.78 is 47.9. The number of benzene rings is 4. The highest BCUT2D eigenvalue weighted by molar-refractivity contribution is 7.85. The van der Waals surface area contributed by atoms with Gasteiger partial charge in [0.15, 0.2) is 0 Å². The van der Waals surface area contributed by atoms with E-state index in [1.165, 1.54) is 34.7 Å². The molecule has 43 heavy (non-hydrogen) atoms. The highest BCUT2D eigenvalue weighted by atomic mass is 32.2. The van der Waals surface area contributed by atoms with Crippen molar-refractivity contribution in [3.8, 4) is 23.0 Å². The summed E-state index contributed by atoms with van der Waals surface area (Å²) in [4.78, 5) is 0. The van der Waals surface area contributed by atoms with Crippen LogP contribution in [0, 0.1) is 0 Å².